The van der Waals surface area contributed by atoms with Crippen LogP contribution in [0.5, 0.6) is 0 Å². The van der Waals surface area contributed by atoms with Crippen molar-refractivity contribution < 1.29 is 4.74 Å². The molecule has 35 heavy (non-hydrogen) atoms. The lowest BCUT2D eigenvalue weighted by Crippen LogP contribution is -2.40. The number of hydrogen-bond donors (Lipinski definition) is 0. The van der Waals surface area contributed by atoms with Crippen molar-refractivity contribution in [3.63, 3.8) is 0 Å². The fourth-order valence-electron chi connectivity index (χ4n) is 6.40. The minimum absolute atomic E-state index is 0.0451. The molecule has 0 saturated carbocycles. The number of imidazole rings is 1. The van der Waals surface area contributed by atoms with E-state index < -0.39 is 0 Å². The number of ether oxygens (including phenoxy) is 1. The predicted octanol–water partition coefficient (Wildman–Crippen LogP) is 4.95. The summed E-state index contributed by atoms with van der Waals surface area (Å²) in [5, 5.41) is 0.982. The van der Waals surface area contributed by atoms with E-state index in [1.54, 1.807) is 0 Å². The molecule has 2 saturated heterocycles. The number of rotatable bonds is 4. The van der Waals surface area contributed by atoms with E-state index in [9.17, 15) is 4.79 Å². The summed E-state index contributed by atoms with van der Waals surface area (Å²) < 4.78 is 9.39. The zero-order valence-corrected chi connectivity index (χ0v) is 21.9. The lowest BCUT2D eigenvalue weighted by atomic mass is 9.91. The normalized spacial score (nSPS) is 23.1. The topological polar surface area (TPSA) is 42.6 Å². The van der Waals surface area contributed by atoms with Crippen molar-refractivity contribution in [1.82, 2.24) is 18.9 Å². The minimum atomic E-state index is 0.0451. The second kappa shape index (κ2) is 9.24. The number of halogens is 2. The van der Waals surface area contributed by atoms with Crippen molar-refractivity contribution in [1.29, 1.82) is 0 Å². The van der Waals surface area contributed by atoms with E-state index in [-0.39, 0.29) is 11.7 Å². The van der Waals surface area contributed by atoms with Gasteiger partial charge in [0, 0.05) is 51.4 Å². The number of aryl methyl sites for hydroxylation is 2. The Balaban J connectivity index is 1.37. The molecule has 3 aliphatic heterocycles. The first-order valence-electron chi connectivity index (χ1n) is 12.6. The minimum Gasteiger partial charge on any atom is -0.379 e. The molecule has 0 aliphatic carbocycles. The van der Waals surface area contributed by atoms with E-state index in [4.69, 9.17) is 27.9 Å². The Kier molecular flexibility index (Phi) is 6.22. The van der Waals surface area contributed by atoms with Crippen LogP contribution in [0.25, 0.3) is 11.0 Å². The van der Waals surface area contributed by atoms with Crippen LogP contribution in [0.2, 0.25) is 10.0 Å². The second-order valence-corrected chi connectivity index (χ2v) is 11.1. The lowest BCUT2D eigenvalue weighted by molar-refractivity contribution is 0.0363. The van der Waals surface area contributed by atoms with Crippen molar-refractivity contribution in [3.05, 3.63) is 67.0 Å². The molecule has 0 bridgehead atoms. The summed E-state index contributed by atoms with van der Waals surface area (Å²) >= 11 is 12.9. The Hall–Kier alpha value is -1.83. The number of nitrogens with zero attached hydrogens (tertiary/aromatic N) is 4. The highest BCUT2D eigenvalue weighted by Gasteiger charge is 2.38. The molecule has 1 aromatic heterocycles. The monoisotopic (exact) mass is 514 g/mol. The molecule has 3 aromatic rings. The maximum atomic E-state index is 13.9. The van der Waals surface area contributed by atoms with Crippen molar-refractivity contribution in [2.75, 3.05) is 39.4 Å². The van der Waals surface area contributed by atoms with Gasteiger partial charge in [0.1, 0.15) is 0 Å². The quantitative estimate of drug-likeness (QED) is 0.493. The van der Waals surface area contributed by atoms with E-state index in [0.717, 1.165) is 69.8 Å². The predicted molar refractivity (Wildman–Crippen MR) is 141 cm³/mol. The SMILES string of the molecule is Cc1cc(C)c2c(c1)C1CC(n3c(=O)n(CCN4CCOCC4)c4cc(Cl)c(Cl)cc43)CCN1C2. The average molecular weight is 515 g/mol. The molecule has 0 amide bonds. The third-order valence-electron chi connectivity index (χ3n) is 8.17. The molecular formula is C27H32Cl2N4O2. The zero-order chi connectivity index (χ0) is 24.3. The molecule has 2 unspecified atom stereocenters. The molecule has 2 aromatic carbocycles. The van der Waals surface area contributed by atoms with E-state index in [0.29, 0.717) is 22.6 Å². The molecule has 6 rings (SSSR count). The number of aromatic nitrogens is 2. The summed E-state index contributed by atoms with van der Waals surface area (Å²) in [6.07, 6.45) is 1.88. The Morgan fingerprint density at radius 1 is 0.971 bits per heavy atom. The third kappa shape index (κ3) is 4.13. The van der Waals surface area contributed by atoms with Gasteiger partial charge in [-0.05, 0) is 55.5 Å². The molecule has 8 heteroatoms. The standard InChI is InChI=1S/C27H32Cl2N4O2/c1-17-11-18(2)21-16-31-4-3-19(13-24(31)20(21)12-17)33-26-15-23(29)22(28)14-25(26)32(27(33)34)6-5-30-7-9-35-10-8-30/h11-12,14-15,19,24H,3-10,13,16H2,1-2H3. The van der Waals surface area contributed by atoms with Crippen LogP contribution >= 0.6 is 23.2 Å². The number of benzene rings is 2. The maximum absolute atomic E-state index is 13.9. The van der Waals surface area contributed by atoms with Gasteiger partial charge >= 0.3 is 5.69 Å². The van der Waals surface area contributed by atoms with Gasteiger partial charge in [0.05, 0.1) is 34.3 Å². The smallest absolute Gasteiger partial charge is 0.329 e. The van der Waals surface area contributed by atoms with Gasteiger partial charge in [-0.1, -0.05) is 40.9 Å². The molecule has 0 spiro atoms. The number of fused-ring (bicyclic) bond motifs is 4. The maximum Gasteiger partial charge on any atom is 0.329 e. The van der Waals surface area contributed by atoms with Crippen molar-refractivity contribution in [3.8, 4) is 0 Å². The van der Waals surface area contributed by atoms with Crippen LogP contribution in [-0.4, -0.2) is 58.3 Å². The van der Waals surface area contributed by atoms with Crippen LogP contribution in [0.1, 0.15) is 47.2 Å². The van der Waals surface area contributed by atoms with Crippen molar-refractivity contribution in [2.45, 2.75) is 51.9 Å². The van der Waals surface area contributed by atoms with Gasteiger partial charge in [0.15, 0.2) is 0 Å². The lowest BCUT2D eigenvalue weighted by Gasteiger charge is -2.35. The first-order valence-corrected chi connectivity index (χ1v) is 13.4. The van der Waals surface area contributed by atoms with Gasteiger partial charge in [0.25, 0.3) is 0 Å². The molecule has 0 N–H and O–H groups in total. The Bertz CT molecular complexity index is 1340. The molecular weight excluding hydrogens is 483 g/mol. The summed E-state index contributed by atoms with van der Waals surface area (Å²) in [6, 6.07) is 8.86. The number of hydrogen-bond acceptors (Lipinski definition) is 4. The van der Waals surface area contributed by atoms with Crippen LogP contribution in [0.15, 0.2) is 29.1 Å². The van der Waals surface area contributed by atoms with Gasteiger partial charge in [-0.25, -0.2) is 4.79 Å². The molecule has 2 atom stereocenters. The van der Waals surface area contributed by atoms with Crippen LogP contribution < -0.4 is 5.69 Å². The first-order chi connectivity index (χ1) is 16.9. The van der Waals surface area contributed by atoms with Crippen LogP contribution in [0.4, 0.5) is 0 Å². The summed E-state index contributed by atoms with van der Waals surface area (Å²) in [6.45, 7) is 11.1. The molecule has 4 heterocycles. The first kappa shape index (κ1) is 23.6. The van der Waals surface area contributed by atoms with Gasteiger partial charge in [-0.15, -0.1) is 0 Å². The molecule has 186 valence electrons. The Morgan fingerprint density at radius 2 is 1.71 bits per heavy atom. The Morgan fingerprint density at radius 3 is 2.49 bits per heavy atom. The summed E-state index contributed by atoms with van der Waals surface area (Å²) in [5.41, 5.74) is 7.41. The largest absolute Gasteiger partial charge is 0.379 e. The van der Waals surface area contributed by atoms with Crippen molar-refractivity contribution in [2.24, 2.45) is 0 Å². The fraction of sp³-hybridized carbons (Fsp3) is 0.519. The van der Waals surface area contributed by atoms with Gasteiger partial charge in [0.2, 0.25) is 0 Å². The van der Waals surface area contributed by atoms with E-state index in [1.165, 1.54) is 22.3 Å². The number of piperidine rings is 1. The highest BCUT2D eigenvalue weighted by atomic mass is 35.5. The van der Waals surface area contributed by atoms with Crippen molar-refractivity contribution >= 4 is 34.2 Å². The highest BCUT2D eigenvalue weighted by Crippen LogP contribution is 2.45. The molecule has 0 radical (unpaired) electrons. The van der Waals surface area contributed by atoms with Gasteiger partial charge < -0.3 is 4.74 Å². The molecule has 6 nitrogen and oxygen atoms in total. The van der Waals surface area contributed by atoms with Crippen LogP contribution in [0.3, 0.4) is 0 Å². The van der Waals surface area contributed by atoms with E-state index in [1.807, 2.05) is 21.3 Å². The van der Waals surface area contributed by atoms with Crippen LogP contribution in [-0.2, 0) is 17.8 Å². The van der Waals surface area contributed by atoms with Crippen LogP contribution in [0, 0.1) is 13.8 Å². The molecule has 2 fully saturated rings. The van der Waals surface area contributed by atoms with E-state index >= 15 is 0 Å². The highest BCUT2D eigenvalue weighted by molar-refractivity contribution is 6.42. The van der Waals surface area contributed by atoms with Gasteiger partial charge in [-0.2, -0.15) is 0 Å². The summed E-state index contributed by atoms with van der Waals surface area (Å²) in [7, 11) is 0. The average Bonchev–Trinajstić information content (AvgIpc) is 3.33. The van der Waals surface area contributed by atoms with E-state index in [2.05, 4.69) is 35.8 Å². The fourth-order valence-corrected chi connectivity index (χ4v) is 6.71. The summed E-state index contributed by atoms with van der Waals surface area (Å²) in [5.74, 6) is 0. The molecule has 3 aliphatic rings. The van der Waals surface area contributed by atoms with Gasteiger partial charge in [-0.3, -0.25) is 18.9 Å². The zero-order valence-electron chi connectivity index (χ0n) is 20.4. The number of morpholine rings is 1. The Labute approximate surface area is 216 Å². The third-order valence-corrected chi connectivity index (χ3v) is 8.89. The summed E-state index contributed by atoms with van der Waals surface area (Å²) in [4.78, 5) is 18.9. The second-order valence-electron chi connectivity index (χ2n) is 10.3.